The zero-order valence-corrected chi connectivity index (χ0v) is 21.8. The van der Waals surface area contributed by atoms with E-state index in [4.69, 9.17) is 0 Å². The van der Waals surface area contributed by atoms with E-state index in [-0.39, 0.29) is 35.7 Å². The van der Waals surface area contributed by atoms with E-state index in [0.29, 0.717) is 12.8 Å². The predicted molar refractivity (Wildman–Crippen MR) is 114 cm³/mol. The molecule has 0 heterocycles. The molecule has 0 saturated heterocycles. The molecule has 28 heavy (non-hydrogen) atoms. The first-order valence-corrected chi connectivity index (χ1v) is 13.0. The second kappa shape index (κ2) is 21.1. The molecule has 2 unspecified atom stereocenters. The molecule has 0 radical (unpaired) electrons. The minimum absolute atomic E-state index is 0. The third-order valence-electron chi connectivity index (χ3n) is 5.55. The molecule has 0 aliphatic rings. The van der Waals surface area contributed by atoms with Gasteiger partial charge in [-0.05, 0) is 25.7 Å². The van der Waals surface area contributed by atoms with Crippen molar-refractivity contribution in [3.63, 3.8) is 0 Å². The molecule has 0 aliphatic heterocycles. The number of aliphatic hydroxyl groups is 1. The monoisotopic (exact) mass is 428 g/mol. The summed E-state index contributed by atoms with van der Waals surface area (Å²) in [6, 6.07) is 0. The van der Waals surface area contributed by atoms with Crippen molar-refractivity contribution in [3.8, 4) is 0 Å². The predicted octanol–water partition coefficient (Wildman–Crippen LogP) is 3.33. The van der Waals surface area contributed by atoms with Crippen LogP contribution in [0.5, 0.6) is 0 Å². The third kappa shape index (κ3) is 20.2. The maximum absolute atomic E-state index is 11.0. The quantitative estimate of drug-likeness (QED) is 0.183. The van der Waals surface area contributed by atoms with E-state index in [0.717, 1.165) is 38.5 Å². The van der Waals surface area contributed by atoms with Crippen molar-refractivity contribution in [2.45, 2.75) is 141 Å². The van der Waals surface area contributed by atoms with E-state index in [9.17, 15) is 18.1 Å². The van der Waals surface area contributed by atoms with E-state index in [2.05, 4.69) is 6.92 Å². The Morgan fingerprint density at radius 3 is 1.36 bits per heavy atom. The van der Waals surface area contributed by atoms with Crippen LogP contribution in [0.15, 0.2) is 0 Å². The minimum atomic E-state index is -4.10. The van der Waals surface area contributed by atoms with Crippen LogP contribution in [0.2, 0.25) is 0 Å². The molecule has 0 saturated carbocycles. The van der Waals surface area contributed by atoms with Gasteiger partial charge in [-0.1, -0.05) is 104 Å². The van der Waals surface area contributed by atoms with Crippen LogP contribution in [0.25, 0.3) is 0 Å². The van der Waals surface area contributed by atoms with Gasteiger partial charge in [0.2, 0.25) is 0 Å². The molecule has 2 atom stereocenters. The summed E-state index contributed by atoms with van der Waals surface area (Å²) in [5, 5.41) is 8.99. The average molecular weight is 429 g/mol. The fourth-order valence-corrected chi connectivity index (χ4v) is 4.59. The first-order chi connectivity index (χ1) is 12.9. The van der Waals surface area contributed by atoms with Crippen molar-refractivity contribution in [2.75, 3.05) is 0 Å². The van der Waals surface area contributed by atoms with Gasteiger partial charge in [-0.2, -0.15) is 0 Å². The molecule has 1 N–H and O–H groups in total. The SMILES string of the molecule is CCCC(O)CCCCCCCCCCCCCCCC(CC)S(=O)(=O)[O-].[Na+]. The largest absolute Gasteiger partial charge is 1.00 e. The van der Waals surface area contributed by atoms with Crippen LogP contribution in [-0.2, 0) is 10.1 Å². The molecule has 0 aromatic rings. The topological polar surface area (TPSA) is 77.4 Å². The third-order valence-corrected chi connectivity index (χ3v) is 6.93. The van der Waals surface area contributed by atoms with Gasteiger partial charge in [0, 0.05) is 5.25 Å². The van der Waals surface area contributed by atoms with Gasteiger partial charge < -0.3 is 9.66 Å². The van der Waals surface area contributed by atoms with Crippen molar-refractivity contribution in [1.82, 2.24) is 0 Å². The Kier molecular flexibility index (Phi) is 23.4. The molecule has 0 bridgehead atoms. The van der Waals surface area contributed by atoms with Gasteiger partial charge in [0.1, 0.15) is 0 Å². The molecule has 6 heteroatoms. The summed E-state index contributed by atoms with van der Waals surface area (Å²) in [5.41, 5.74) is 0. The molecule has 0 fully saturated rings. The van der Waals surface area contributed by atoms with Gasteiger partial charge in [0.05, 0.1) is 16.2 Å². The summed E-state index contributed by atoms with van der Waals surface area (Å²) in [5.74, 6) is 0. The molecular weight excluding hydrogens is 383 g/mol. The summed E-state index contributed by atoms with van der Waals surface area (Å²) in [6.45, 7) is 3.90. The molecule has 0 amide bonds. The van der Waals surface area contributed by atoms with E-state index >= 15 is 0 Å². The molecule has 0 spiro atoms. The summed E-state index contributed by atoms with van der Waals surface area (Å²) in [7, 11) is -4.10. The second-order valence-electron chi connectivity index (χ2n) is 8.14. The van der Waals surface area contributed by atoms with Gasteiger partial charge in [-0.25, -0.2) is 8.42 Å². The number of unbranched alkanes of at least 4 members (excludes halogenated alkanes) is 12. The number of hydrogen-bond donors (Lipinski definition) is 1. The van der Waals surface area contributed by atoms with Crippen molar-refractivity contribution in [1.29, 1.82) is 0 Å². The molecule has 0 rings (SSSR count). The number of rotatable bonds is 20. The zero-order valence-electron chi connectivity index (χ0n) is 19.0. The summed E-state index contributed by atoms with van der Waals surface area (Å²) < 4.78 is 33.0. The Bertz CT molecular complexity index is 415. The van der Waals surface area contributed by atoms with Crippen LogP contribution in [0, 0.1) is 0 Å². The van der Waals surface area contributed by atoms with E-state index in [1.54, 1.807) is 6.92 Å². The standard InChI is InChI=1S/C22H46O4S.Na/c1-3-18-21(23)19-16-14-12-10-8-6-5-7-9-11-13-15-17-20-22(4-2)27(24,25)26;/h21-23H,3-20H2,1-2H3,(H,24,25,26);/q;+1/p-1. The fraction of sp³-hybridized carbons (Fsp3) is 1.00. The summed E-state index contributed by atoms with van der Waals surface area (Å²) >= 11 is 0. The normalized spacial score (nSPS) is 13.9. The minimum Gasteiger partial charge on any atom is -0.748 e. The maximum Gasteiger partial charge on any atom is 1.00 e. The Morgan fingerprint density at radius 2 is 1.04 bits per heavy atom. The van der Waals surface area contributed by atoms with Gasteiger partial charge in [0.15, 0.2) is 0 Å². The van der Waals surface area contributed by atoms with E-state index < -0.39 is 15.4 Å². The molecule has 0 aromatic carbocycles. The van der Waals surface area contributed by atoms with Crippen LogP contribution in [0.4, 0.5) is 0 Å². The van der Waals surface area contributed by atoms with Gasteiger partial charge in [-0.3, -0.25) is 0 Å². The summed E-state index contributed by atoms with van der Waals surface area (Å²) in [6.07, 6.45) is 19.8. The van der Waals surface area contributed by atoms with Crippen molar-refractivity contribution in [3.05, 3.63) is 0 Å². The maximum atomic E-state index is 11.0. The van der Waals surface area contributed by atoms with Gasteiger partial charge in [-0.15, -0.1) is 0 Å². The molecule has 0 aliphatic carbocycles. The smallest absolute Gasteiger partial charge is 0.748 e. The van der Waals surface area contributed by atoms with Crippen molar-refractivity contribution in [2.24, 2.45) is 0 Å². The second-order valence-corrected chi connectivity index (χ2v) is 9.79. The fourth-order valence-electron chi connectivity index (χ4n) is 3.73. The first-order valence-electron chi connectivity index (χ1n) is 11.5. The van der Waals surface area contributed by atoms with Crippen molar-refractivity contribution >= 4 is 10.1 Å². The van der Waals surface area contributed by atoms with Crippen LogP contribution in [-0.4, -0.2) is 29.4 Å². The van der Waals surface area contributed by atoms with Gasteiger partial charge in [0.25, 0.3) is 0 Å². The van der Waals surface area contributed by atoms with Crippen molar-refractivity contribution < 1.29 is 47.6 Å². The Labute approximate surface area is 197 Å². The molecule has 4 nitrogen and oxygen atoms in total. The molecule has 164 valence electrons. The van der Waals surface area contributed by atoms with E-state index in [1.165, 1.54) is 64.2 Å². The Balaban J connectivity index is 0. The average Bonchev–Trinajstić information content (AvgIpc) is 2.60. The zero-order chi connectivity index (χ0) is 20.4. The van der Waals surface area contributed by atoms with Crippen LogP contribution in [0.3, 0.4) is 0 Å². The Morgan fingerprint density at radius 1 is 0.679 bits per heavy atom. The van der Waals surface area contributed by atoms with Crippen LogP contribution in [0.1, 0.15) is 129 Å². The molecule has 0 aromatic heterocycles. The van der Waals surface area contributed by atoms with E-state index in [1.807, 2.05) is 0 Å². The molecular formula is C22H45NaO4S. The van der Waals surface area contributed by atoms with Crippen LogP contribution < -0.4 is 29.6 Å². The summed E-state index contributed by atoms with van der Waals surface area (Å²) in [4.78, 5) is 0. The first kappa shape index (κ1) is 31.1. The van der Waals surface area contributed by atoms with Gasteiger partial charge >= 0.3 is 29.6 Å². The van der Waals surface area contributed by atoms with Crippen LogP contribution >= 0.6 is 0 Å². The Hall–Kier alpha value is 0.870. The number of hydrogen-bond acceptors (Lipinski definition) is 4. The number of aliphatic hydroxyl groups excluding tert-OH is 1.